The van der Waals surface area contributed by atoms with Gasteiger partial charge in [0.05, 0.1) is 42.1 Å². The topological polar surface area (TPSA) is 163 Å². The van der Waals surface area contributed by atoms with Gasteiger partial charge in [-0.25, -0.2) is 0 Å². The highest BCUT2D eigenvalue weighted by Gasteiger charge is 2.53. The van der Waals surface area contributed by atoms with Gasteiger partial charge in [-0.3, -0.25) is 14.4 Å². The summed E-state index contributed by atoms with van der Waals surface area (Å²) in [7, 11) is 4.82. The number of benzene rings is 2. The maximum atomic E-state index is 13.6. The van der Waals surface area contributed by atoms with Crippen LogP contribution in [0.2, 0.25) is 0 Å². The van der Waals surface area contributed by atoms with Gasteiger partial charge in [-0.2, -0.15) is 0 Å². The molecule has 3 aliphatic rings. The van der Waals surface area contributed by atoms with Crippen LogP contribution in [0.5, 0.6) is 11.5 Å². The molecule has 0 bridgehead atoms. The molecule has 2 aromatic rings. The smallest absolute Gasteiger partial charge is 0.316 e. The number of likely N-dealkylation sites (N-methyl/N-ethyl adjacent to an activating group) is 1. The summed E-state index contributed by atoms with van der Waals surface area (Å²) in [5.41, 5.74) is -2.27. The molecule has 2 aliphatic carbocycles. The third kappa shape index (κ3) is 4.52. The van der Waals surface area contributed by atoms with E-state index < -0.39 is 65.2 Å². The number of aromatic hydroxyl groups is 2. The highest BCUT2D eigenvalue weighted by molar-refractivity contribution is 6.30. The number of carbonyl (C=O) groups excluding carboxylic acids is 3. The average Bonchev–Trinajstić information content (AvgIpc) is 2.92. The van der Waals surface area contributed by atoms with Crippen LogP contribution in [0.3, 0.4) is 0 Å². The van der Waals surface area contributed by atoms with Crippen molar-refractivity contribution in [3.63, 3.8) is 0 Å². The molecule has 220 valence electrons. The van der Waals surface area contributed by atoms with Crippen LogP contribution >= 0.6 is 0 Å². The van der Waals surface area contributed by atoms with Crippen molar-refractivity contribution >= 4 is 17.5 Å². The van der Waals surface area contributed by atoms with Gasteiger partial charge in [-0.05, 0) is 45.1 Å². The monoisotopic (exact) mass is 569 g/mol. The van der Waals surface area contributed by atoms with Crippen LogP contribution in [0.15, 0.2) is 24.3 Å². The van der Waals surface area contributed by atoms with Gasteiger partial charge in [0.2, 0.25) is 5.78 Å². The van der Waals surface area contributed by atoms with Crippen molar-refractivity contribution < 1.29 is 49.0 Å². The number of rotatable bonds is 5. The number of nitrogens with zero attached hydrogens (tertiary/aromatic N) is 1. The van der Waals surface area contributed by atoms with Crippen LogP contribution < -0.4 is 0 Å². The van der Waals surface area contributed by atoms with Crippen LogP contribution in [-0.4, -0.2) is 94.2 Å². The van der Waals surface area contributed by atoms with Gasteiger partial charge in [0.25, 0.3) is 0 Å². The van der Waals surface area contributed by atoms with E-state index in [2.05, 4.69) is 0 Å². The number of carbonyl (C=O) groups is 3. The zero-order chi connectivity index (χ0) is 30.0. The fraction of sp³-hybridized carbons (Fsp3) is 0.500. The Morgan fingerprint density at radius 1 is 1.15 bits per heavy atom. The molecule has 0 unspecified atom stereocenters. The first-order chi connectivity index (χ1) is 19.3. The van der Waals surface area contributed by atoms with E-state index in [-0.39, 0.29) is 58.7 Å². The SMILES string of the molecule is CC[C@]1(O)C[C@H](O[C@@H]2C[C@@H](N(C)C)[C@H](O)[C@H](C)O2)c2c(cc3c(c2O)C(=O)c2c(O)cccc2C3=O)[C@H]1C(=O)OC. The molecule has 11 nitrogen and oxygen atoms in total. The first kappa shape index (κ1) is 29.2. The van der Waals surface area contributed by atoms with Crippen molar-refractivity contribution in [1.29, 1.82) is 0 Å². The molecule has 0 amide bonds. The van der Waals surface area contributed by atoms with E-state index in [4.69, 9.17) is 14.2 Å². The van der Waals surface area contributed by atoms with Crippen molar-refractivity contribution in [3.05, 3.63) is 57.6 Å². The van der Waals surface area contributed by atoms with E-state index in [1.165, 1.54) is 31.4 Å². The fourth-order valence-electron chi connectivity index (χ4n) is 6.50. The maximum Gasteiger partial charge on any atom is 0.316 e. The third-order valence-electron chi connectivity index (χ3n) is 8.77. The zero-order valence-electron chi connectivity index (χ0n) is 23.6. The highest BCUT2D eigenvalue weighted by atomic mass is 16.7. The molecule has 5 rings (SSSR count). The quantitative estimate of drug-likeness (QED) is 0.333. The number of hydrogen-bond donors (Lipinski definition) is 4. The van der Waals surface area contributed by atoms with E-state index in [0.29, 0.717) is 0 Å². The summed E-state index contributed by atoms with van der Waals surface area (Å²) < 4.78 is 17.3. The fourth-order valence-corrected chi connectivity index (χ4v) is 6.50. The normalized spacial score (nSPS) is 30.9. The Kier molecular flexibility index (Phi) is 7.46. The molecule has 11 heteroatoms. The van der Waals surface area contributed by atoms with E-state index in [9.17, 15) is 34.8 Å². The molecule has 0 radical (unpaired) electrons. The molecule has 7 atom stereocenters. The first-order valence-electron chi connectivity index (χ1n) is 13.6. The second-order valence-corrected chi connectivity index (χ2v) is 11.3. The van der Waals surface area contributed by atoms with Crippen LogP contribution in [0, 0.1) is 0 Å². The zero-order valence-corrected chi connectivity index (χ0v) is 23.6. The standard InChI is InChI=1S/C30H35NO10/c1-6-30(38)12-19(41-20-11-17(31(3)4)25(33)13(2)40-20)22-15(24(30)29(37)39-5)10-16-23(28(22)36)27(35)21-14(26(16)34)8-7-9-18(21)32/h7-10,13,17,19-20,24-25,32-33,36,38H,6,11-12H2,1-5H3/t13-,17+,19-,20+,24-,25+,30-/m0/s1. The Hall–Kier alpha value is -3.35. The van der Waals surface area contributed by atoms with Gasteiger partial charge < -0.3 is 39.5 Å². The molecular formula is C30H35NO10. The molecule has 1 saturated heterocycles. The molecule has 0 aromatic heterocycles. The van der Waals surface area contributed by atoms with E-state index in [1.54, 1.807) is 13.8 Å². The number of aliphatic hydroxyl groups excluding tert-OH is 1. The van der Waals surface area contributed by atoms with E-state index >= 15 is 0 Å². The minimum atomic E-state index is -1.69. The number of aliphatic hydroxyl groups is 2. The Morgan fingerprint density at radius 2 is 1.85 bits per heavy atom. The Labute approximate surface area is 237 Å². The third-order valence-corrected chi connectivity index (χ3v) is 8.77. The van der Waals surface area contributed by atoms with E-state index in [0.717, 1.165) is 0 Å². The number of esters is 1. The van der Waals surface area contributed by atoms with Crippen LogP contribution in [0.25, 0.3) is 0 Å². The lowest BCUT2D eigenvalue weighted by atomic mass is 9.67. The summed E-state index contributed by atoms with van der Waals surface area (Å²) in [4.78, 5) is 42.1. The van der Waals surface area contributed by atoms with Gasteiger partial charge >= 0.3 is 5.97 Å². The van der Waals surface area contributed by atoms with Crippen LogP contribution in [-0.2, 0) is 19.0 Å². The molecule has 41 heavy (non-hydrogen) atoms. The van der Waals surface area contributed by atoms with Crippen LogP contribution in [0.1, 0.15) is 88.1 Å². The molecule has 0 spiro atoms. The Balaban J connectivity index is 1.69. The Morgan fingerprint density at radius 3 is 2.49 bits per heavy atom. The number of ether oxygens (including phenoxy) is 3. The van der Waals surface area contributed by atoms with Crippen molar-refractivity contribution in [3.8, 4) is 11.5 Å². The predicted octanol–water partition coefficient (Wildman–Crippen LogP) is 2.16. The lowest BCUT2D eigenvalue weighted by Crippen LogP contribution is -2.54. The van der Waals surface area contributed by atoms with Crippen molar-refractivity contribution in [2.75, 3.05) is 21.2 Å². The average molecular weight is 570 g/mol. The van der Waals surface area contributed by atoms with Gasteiger partial charge in [0, 0.05) is 35.6 Å². The summed E-state index contributed by atoms with van der Waals surface area (Å²) in [6, 6.07) is 5.14. The molecule has 1 heterocycles. The maximum absolute atomic E-state index is 13.6. The summed E-state index contributed by atoms with van der Waals surface area (Å²) in [6.07, 6.45) is -3.09. The highest BCUT2D eigenvalue weighted by Crippen LogP contribution is 2.54. The molecular weight excluding hydrogens is 534 g/mol. The number of phenolic OH excluding ortho intramolecular Hbond substituents is 2. The summed E-state index contributed by atoms with van der Waals surface area (Å²) >= 11 is 0. The number of phenols is 2. The van der Waals surface area contributed by atoms with Gasteiger partial charge in [0.15, 0.2) is 12.1 Å². The largest absolute Gasteiger partial charge is 0.507 e. The lowest BCUT2D eigenvalue weighted by molar-refractivity contribution is -0.258. The summed E-state index contributed by atoms with van der Waals surface area (Å²) in [5.74, 6) is -4.42. The molecule has 1 fully saturated rings. The Bertz CT molecular complexity index is 1420. The minimum Gasteiger partial charge on any atom is -0.507 e. The summed E-state index contributed by atoms with van der Waals surface area (Å²) in [5, 5.41) is 44.5. The first-order valence-corrected chi connectivity index (χ1v) is 13.6. The van der Waals surface area contributed by atoms with Crippen molar-refractivity contribution in [2.45, 2.75) is 75.3 Å². The number of ketones is 2. The molecule has 0 saturated carbocycles. The number of methoxy groups -OCH3 is 1. The molecule has 4 N–H and O–H groups in total. The second kappa shape index (κ2) is 10.5. The van der Waals surface area contributed by atoms with Crippen LogP contribution in [0.4, 0.5) is 0 Å². The lowest BCUT2D eigenvalue weighted by Gasteiger charge is -2.46. The molecule has 1 aliphatic heterocycles. The van der Waals surface area contributed by atoms with Gasteiger partial charge in [0.1, 0.15) is 17.4 Å². The van der Waals surface area contributed by atoms with E-state index in [1.807, 2.05) is 19.0 Å². The van der Waals surface area contributed by atoms with Crippen molar-refractivity contribution in [1.82, 2.24) is 4.90 Å². The predicted molar refractivity (Wildman–Crippen MR) is 144 cm³/mol. The molecule has 2 aromatic carbocycles. The second-order valence-electron chi connectivity index (χ2n) is 11.3. The number of fused-ring (bicyclic) bond motifs is 3. The number of hydrogen-bond acceptors (Lipinski definition) is 11. The minimum absolute atomic E-state index is 0.0382. The van der Waals surface area contributed by atoms with Gasteiger partial charge in [-0.1, -0.05) is 19.1 Å². The van der Waals surface area contributed by atoms with Crippen molar-refractivity contribution in [2.24, 2.45) is 0 Å². The van der Waals surface area contributed by atoms with Gasteiger partial charge in [-0.15, -0.1) is 0 Å². The summed E-state index contributed by atoms with van der Waals surface area (Å²) in [6.45, 7) is 3.41.